The van der Waals surface area contributed by atoms with Crippen LogP contribution in [0.25, 0.3) is 0 Å². The van der Waals surface area contributed by atoms with Crippen LogP contribution in [-0.4, -0.2) is 43.0 Å². The molecule has 0 fully saturated rings. The molecule has 0 bridgehead atoms. The summed E-state index contributed by atoms with van der Waals surface area (Å²) < 4.78 is 29.3. The van der Waals surface area contributed by atoms with Gasteiger partial charge in [-0.3, -0.25) is 0 Å². The molecule has 0 saturated carbocycles. The van der Waals surface area contributed by atoms with Gasteiger partial charge in [-0.2, -0.15) is 12.7 Å². The summed E-state index contributed by atoms with van der Waals surface area (Å²) in [6.07, 6.45) is 1.91. The lowest BCUT2D eigenvalue weighted by molar-refractivity contribution is 0.421. The lowest BCUT2D eigenvalue weighted by atomic mass is 10.3. The van der Waals surface area contributed by atoms with Gasteiger partial charge in [-0.15, -0.1) is 0 Å². The third-order valence-corrected chi connectivity index (χ3v) is 4.64. The fourth-order valence-corrected chi connectivity index (χ4v) is 2.56. The summed E-state index contributed by atoms with van der Waals surface area (Å²) >= 11 is 1.47. The minimum absolute atomic E-state index is 0.243. The summed E-state index contributed by atoms with van der Waals surface area (Å²) in [4.78, 5) is 8.64. The Morgan fingerprint density at radius 2 is 1.83 bits per heavy atom. The first-order chi connectivity index (χ1) is 10.8. The van der Waals surface area contributed by atoms with E-state index in [1.165, 1.54) is 25.9 Å². The van der Waals surface area contributed by atoms with Gasteiger partial charge in [-0.25, -0.2) is 9.97 Å². The third kappa shape index (κ3) is 4.81. The van der Waals surface area contributed by atoms with Crippen LogP contribution in [0, 0.1) is 6.92 Å². The first kappa shape index (κ1) is 17.5. The molecular weight excluding hydrogens is 336 g/mol. The number of benzene rings is 1. The van der Waals surface area contributed by atoms with Crippen molar-refractivity contribution in [3.8, 4) is 5.75 Å². The average Bonchev–Trinajstić information content (AvgIpc) is 2.48. The van der Waals surface area contributed by atoms with Crippen LogP contribution in [0.4, 0.5) is 11.5 Å². The molecule has 1 heterocycles. The van der Waals surface area contributed by atoms with Crippen LogP contribution in [0.5, 0.6) is 5.75 Å². The highest BCUT2D eigenvalue weighted by atomic mass is 32.2. The molecule has 1 N–H and O–H groups in total. The SMILES string of the molecule is CSc1nc(C)cc(Nc2ccc(OS(=O)(=O)N(C)C)cc2)n1. The van der Waals surface area contributed by atoms with Gasteiger partial charge in [-0.05, 0) is 37.4 Å². The number of rotatable bonds is 6. The van der Waals surface area contributed by atoms with Crippen LogP contribution < -0.4 is 9.50 Å². The van der Waals surface area contributed by atoms with Crippen molar-refractivity contribution in [3.63, 3.8) is 0 Å². The fraction of sp³-hybridized carbons (Fsp3) is 0.286. The second kappa shape index (κ2) is 7.16. The summed E-state index contributed by atoms with van der Waals surface area (Å²) in [5.41, 5.74) is 1.63. The number of nitrogens with zero attached hydrogens (tertiary/aromatic N) is 3. The lowest BCUT2D eigenvalue weighted by Gasteiger charge is -2.12. The van der Waals surface area contributed by atoms with E-state index in [-0.39, 0.29) is 5.75 Å². The van der Waals surface area contributed by atoms with E-state index >= 15 is 0 Å². The summed E-state index contributed by atoms with van der Waals surface area (Å²) in [6.45, 7) is 1.90. The van der Waals surface area contributed by atoms with Crippen LogP contribution in [0.15, 0.2) is 35.5 Å². The Labute approximate surface area is 140 Å². The Balaban J connectivity index is 2.13. The highest BCUT2D eigenvalue weighted by Gasteiger charge is 2.15. The van der Waals surface area contributed by atoms with Crippen molar-refractivity contribution >= 4 is 33.6 Å². The second-order valence-corrected chi connectivity index (χ2v) is 7.38. The highest BCUT2D eigenvalue weighted by Crippen LogP contribution is 2.22. The molecule has 2 aromatic rings. The van der Waals surface area contributed by atoms with Gasteiger partial charge in [0, 0.05) is 31.5 Å². The molecule has 124 valence electrons. The molecule has 0 amide bonds. The fourth-order valence-electron chi connectivity index (χ4n) is 1.63. The Morgan fingerprint density at radius 1 is 1.17 bits per heavy atom. The summed E-state index contributed by atoms with van der Waals surface area (Å²) in [6, 6.07) is 8.42. The molecule has 1 aromatic heterocycles. The Kier molecular flexibility index (Phi) is 5.45. The molecule has 0 spiro atoms. The van der Waals surface area contributed by atoms with Crippen LogP contribution in [0.1, 0.15) is 5.69 Å². The number of thioether (sulfide) groups is 1. The standard InChI is InChI=1S/C14H18N4O3S2/c1-10-9-13(17-14(15-10)22-4)16-11-5-7-12(8-6-11)21-23(19,20)18(2)3/h5-9H,1-4H3,(H,15,16,17). The zero-order chi connectivity index (χ0) is 17.0. The Hall–Kier alpha value is -1.84. The van der Waals surface area contributed by atoms with Gasteiger partial charge in [0.1, 0.15) is 11.6 Å². The smallest absolute Gasteiger partial charge is 0.371 e. The predicted octanol–water partition coefficient (Wildman–Crippen LogP) is 2.44. The molecule has 1 aromatic carbocycles. The molecule has 0 radical (unpaired) electrons. The lowest BCUT2D eigenvalue weighted by Crippen LogP contribution is -2.26. The van der Waals surface area contributed by atoms with E-state index in [9.17, 15) is 8.42 Å². The maximum atomic E-state index is 11.7. The highest BCUT2D eigenvalue weighted by molar-refractivity contribution is 7.98. The van der Waals surface area contributed by atoms with E-state index in [2.05, 4.69) is 15.3 Å². The van der Waals surface area contributed by atoms with Crippen molar-refractivity contribution in [3.05, 3.63) is 36.0 Å². The van der Waals surface area contributed by atoms with Crippen molar-refractivity contribution in [1.82, 2.24) is 14.3 Å². The monoisotopic (exact) mass is 354 g/mol. The van der Waals surface area contributed by atoms with E-state index in [1.54, 1.807) is 24.3 Å². The number of hydrogen-bond donors (Lipinski definition) is 1. The van der Waals surface area contributed by atoms with Gasteiger partial charge in [0.05, 0.1) is 0 Å². The number of hydrogen-bond acceptors (Lipinski definition) is 7. The first-order valence-electron chi connectivity index (χ1n) is 6.69. The van der Waals surface area contributed by atoms with Crippen molar-refractivity contribution in [1.29, 1.82) is 0 Å². The van der Waals surface area contributed by atoms with Crippen LogP contribution in [0.2, 0.25) is 0 Å². The van der Waals surface area contributed by atoms with Gasteiger partial charge >= 0.3 is 10.3 Å². The average molecular weight is 354 g/mol. The Bertz CT molecular complexity index is 777. The zero-order valence-corrected chi connectivity index (χ0v) is 14.9. The van der Waals surface area contributed by atoms with Gasteiger partial charge in [0.2, 0.25) is 0 Å². The minimum atomic E-state index is -3.75. The zero-order valence-electron chi connectivity index (χ0n) is 13.3. The molecule has 0 saturated heterocycles. The van der Waals surface area contributed by atoms with Gasteiger partial charge in [0.25, 0.3) is 0 Å². The third-order valence-electron chi connectivity index (χ3n) is 2.79. The van der Waals surface area contributed by atoms with Gasteiger partial charge in [0.15, 0.2) is 5.16 Å². The largest absolute Gasteiger partial charge is 0.384 e. The first-order valence-corrected chi connectivity index (χ1v) is 9.28. The van der Waals surface area contributed by atoms with Crippen molar-refractivity contribution in [2.45, 2.75) is 12.1 Å². The van der Waals surface area contributed by atoms with Gasteiger partial charge < -0.3 is 9.50 Å². The van der Waals surface area contributed by atoms with Crippen LogP contribution >= 0.6 is 11.8 Å². The summed E-state index contributed by atoms with van der Waals surface area (Å²) in [7, 11) is -0.931. The predicted molar refractivity (Wildman–Crippen MR) is 91.5 cm³/mol. The van der Waals surface area contributed by atoms with Gasteiger partial charge in [-0.1, -0.05) is 11.8 Å². The molecule has 23 heavy (non-hydrogen) atoms. The topological polar surface area (TPSA) is 84.4 Å². The van der Waals surface area contributed by atoms with Crippen LogP contribution in [-0.2, 0) is 10.3 Å². The molecule has 0 aliphatic carbocycles. The van der Waals surface area contributed by atoms with E-state index in [0.717, 1.165) is 15.7 Å². The summed E-state index contributed by atoms with van der Waals surface area (Å²) in [5.74, 6) is 0.921. The molecule has 9 heteroatoms. The molecule has 0 atom stereocenters. The van der Waals surface area contributed by atoms with E-state index in [4.69, 9.17) is 4.18 Å². The molecule has 2 rings (SSSR count). The maximum Gasteiger partial charge on any atom is 0.384 e. The number of anilines is 2. The number of aromatic nitrogens is 2. The second-order valence-electron chi connectivity index (χ2n) is 4.85. The molecule has 0 aliphatic rings. The van der Waals surface area contributed by atoms with Crippen molar-refractivity contribution in [2.75, 3.05) is 25.7 Å². The molecular formula is C14H18N4O3S2. The quantitative estimate of drug-likeness (QED) is 0.630. The van der Waals surface area contributed by atoms with Crippen molar-refractivity contribution < 1.29 is 12.6 Å². The minimum Gasteiger partial charge on any atom is -0.371 e. The maximum absolute atomic E-state index is 11.7. The van der Waals surface area contributed by atoms with Crippen LogP contribution in [0.3, 0.4) is 0 Å². The van der Waals surface area contributed by atoms with E-state index in [0.29, 0.717) is 11.0 Å². The molecule has 0 unspecified atom stereocenters. The Morgan fingerprint density at radius 3 is 2.39 bits per heavy atom. The summed E-state index contributed by atoms with van der Waals surface area (Å²) in [5, 5.41) is 3.84. The molecule has 7 nitrogen and oxygen atoms in total. The molecule has 0 aliphatic heterocycles. The number of aryl methyl sites for hydroxylation is 1. The van der Waals surface area contributed by atoms with Crippen molar-refractivity contribution in [2.24, 2.45) is 0 Å². The normalized spacial score (nSPS) is 11.5. The number of nitrogens with one attached hydrogen (secondary N) is 1. The van der Waals surface area contributed by atoms with E-state index in [1.807, 2.05) is 19.2 Å². The van der Waals surface area contributed by atoms with E-state index < -0.39 is 10.3 Å².